The Labute approximate surface area is 138 Å². The average molecular weight is 346 g/mol. The van der Waals surface area contributed by atoms with Crippen LogP contribution in [-0.4, -0.2) is 39.0 Å². The van der Waals surface area contributed by atoms with Crippen LogP contribution in [-0.2, 0) is 16.4 Å². The van der Waals surface area contributed by atoms with Gasteiger partial charge in [-0.1, -0.05) is 23.7 Å². The van der Waals surface area contributed by atoms with Crippen LogP contribution in [0.15, 0.2) is 29.3 Å². The molecule has 0 radical (unpaired) electrons. The highest BCUT2D eigenvalue weighted by Crippen LogP contribution is 2.11. The molecule has 0 saturated heterocycles. The zero-order chi connectivity index (χ0) is 16.6. The molecule has 0 aliphatic carbocycles. The molecule has 1 rings (SSSR count). The highest BCUT2D eigenvalue weighted by molar-refractivity contribution is 7.90. The number of aliphatic imine (C=N–C) groups is 1. The van der Waals surface area contributed by atoms with Gasteiger partial charge in [-0.05, 0) is 38.0 Å². The Balaban J connectivity index is 2.62. The van der Waals surface area contributed by atoms with Crippen molar-refractivity contribution in [1.29, 1.82) is 0 Å². The molecule has 0 aromatic heterocycles. The van der Waals surface area contributed by atoms with Gasteiger partial charge in [-0.15, -0.1) is 0 Å². The van der Waals surface area contributed by atoms with E-state index in [-0.39, 0.29) is 11.8 Å². The van der Waals surface area contributed by atoms with Crippen molar-refractivity contribution in [2.45, 2.75) is 32.9 Å². The minimum atomic E-state index is -2.94. The quantitative estimate of drug-likeness (QED) is 0.587. The van der Waals surface area contributed by atoms with Crippen molar-refractivity contribution in [1.82, 2.24) is 10.6 Å². The van der Waals surface area contributed by atoms with E-state index in [1.807, 2.05) is 38.1 Å². The van der Waals surface area contributed by atoms with Crippen LogP contribution in [0.3, 0.4) is 0 Å². The molecule has 1 atom stereocenters. The maximum atomic E-state index is 11.2. The molecule has 1 aromatic carbocycles. The number of hydrogen-bond donors (Lipinski definition) is 2. The summed E-state index contributed by atoms with van der Waals surface area (Å²) in [6.45, 7) is 5.17. The van der Waals surface area contributed by atoms with E-state index in [9.17, 15) is 8.42 Å². The fourth-order valence-corrected chi connectivity index (χ4v) is 2.82. The van der Waals surface area contributed by atoms with Crippen molar-refractivity contribution < 1.29 is 8.42 Å². The van der Waals surface area contributed by atoms with E-state index in [1.54, 1.807) is 0 Å². The molecule has 0 spiro atoms. The minimum absolute atomic E-state index is 0.0203. The number of hydrogen-bond acceptors (Lipinski definition) is 3. The van der Waals surface area contributed by atoms with Gasteiger partial charge < -0.3 is 10.6 Å². The maximum Gasteiger partial charge on any atom is 0.191 e. The van der Waals surface area contributed by atoms with E-state index in [1.165, 1.54) is 6.26 Å². The van der Waals surface area contributed by atoms with Crippen molar-refractivity contribution in [2.24, 2.45) is 4.99 Å². The van der Waals surface area contributed by atoms with Crippen molar-refractivity contribution >= 4 is 27.4 Å². The van der Waals surface area contributed by atoms with Crippen LogP contribution in [0.1, 0.15) is 25.8 Å². The number of benzene rings is 1. The first-order valence-corrected chi connectivity index (χ1v) is 9.71. The van der Waals surface area contributed by atoms with E-state index >= 15 is 0 Å². The molecule has 0 saturated carbocycles. The van der Waals surface area contributed by atoms with Gasteiger partial charge in [0.25, 0.3) is 0 Å². The summed E-state index contributed by atoms with van der Waals surface area (Å²) in [7, 11) is -2.94. The van der Waals surface area contributed by atoms with Crippen LogP contribution in [0.4, 0.5) is 0 Å². The standard InChI is InChI=1S/C15H24ClN3O2S/c1-4-17-15(19-12(2)8-9-22(3,20)21)18-11-13-6-5-7-14(16)10-13/h5-7,10,12H,4,8-9,11H2,1-3H3,(H2,17,18,19). The summed E-state index contributed by atoms with van der Waals surface area (Å²) in [5.41, 5.74) is 1.02. The Morgan fingerprint density at radius 1 is 1.41 bits per heavy atom. The predicted octanol–water partition coefficient (Wildman–Crippen LogP) is 2.22. The highest BCUT2D eigenvalue weighted by atomic mass is 35.5. The first-order chi connectivity index (χ1) is 10.3. The molecule has 22 heavy (non-hydrogen) atoms. The topological polar surface area (TPSA) is 70.6 Å². The van der Waals surface area contributed by atoms with E-state index in [2.05, 4.69) is 15.6 Å². The maximum absolute atomic E-state index is 11.2. The van der Waals surface area contributed by atoms with Gasteiger partial charge in [0.1, 0.15) is 9.84 Å². The van der Waals surface area contributed by atoms with Crippen LogP contribution in [0, 0.1) is 0 Å². The molecule has 0 fully saturated rings. The lowest BCUT2D eigenvalue weighted by Crippen LogP contribution is -2.42. The largest absolute Gasteiger partial charge is 0.357 e. The number of sulfone groups is 1. The molecule has 124 valence electrons. The van der Waals surface area contributed by atoms with Crippen LogP contribution in [0.5, 0.6) is 0 Å². The van der Waals surface area contributed by atoms with Crippen molar-refractivity contribution in [2.75, 3.05) is 18.6 Å². The highest BCUT2D eigenvalue weighted by Gasteiger charge is 2.09. The fraction of sp³-hybridized carbons (Fsp3) is 0.533. The third-order valence-electron chi connectivity index (χ3n) is 2.96. The first kappa shape index (κ1) is 18.8. The van der Waals surface area contributed by atoms with Gasteiger partial charge >= 0.3 is 0 Å². The Hall–Kier alpha value is -1.27. The summed E-state index contributed by atoms with van der Waals surface area (Å²) < 4.78 is 22.4. The van der Waals surface area contributed by atoms with E-state index in [4.69, 9.17) is 11.6 Å². The molecule has 1 unspecified atom stereocenters. The summed E-state index contributed by atoms with van der Waals surface area (Å²) in [6, 6.07) is 7.58. The molecular formula is C15H24ClN3O2S. The number of guanidine groups is 1. The molecule has 1 aromatic rings. The van der Waals surface area contributed by atoms with E-state index in [0.29, 0.717) is 23.9 Å². The molecule has 0 bridgehead atoms. The van der Waals surface area contributed by atoms with Crippen LogP contribution < -0.4 is 10.6 Å². The Morgan fingerprint density at radius 3 is 2.73 bits per heavy atom. The van der Waals surface area contributed by atoms with Gasteiger partial charge in [0, 0.05) is 23.9 Å². The SMILES string of the molecule is CCNC(=NCc1cccc(Cl)c1)NC(C)CCS(C)(=O)=O. The summed E-state index contributed by atoms with van der Waals surface area (Å²) in [5, 5.41) is 7.06. The number of halogens is 1. The molecular weight excluding hydrogens is 322 g/mol. The molecule has 0 heterocycles. The number of nitrogens with zero attached hydrogens (tertiary/aromatic N) is 1. The normalized spacial score (nSPS) is 13.7. The van der Waals surface area contributed by atoms with Gasteiger partial charge in [0.15, 0.2) is 5.96 Å². The van der Waals surface area contributed by atoms with Gasteiger partial charge in [-0.25, -0.2) is 13.4 Å². The lowest BCUT2D eigenvalue weighted by Gasteiger charge is -2.17. The third-order valence-corrected chi connectivity index (χ3v) is 4.17. The van der Waals surface area contributed by atoms with Gasteiger partial charge in [-0.2, -0.15) is 0 Å². The smallest absolute Gasteiger partial charge is 0.191 e. The van der Waals surface area contributed by atoms with Gasteiger partial charge in [0.05, 0.1) is 12.3 Å². The lowest BCUT2D eigenvalue weighted by molar-refractivity contribution is 0.581. The second kappa shape index (κ2) is 9.00. The van der Waals surface area contributed by atoms with Crippen molar-refractivity contribution in [3.05, 3.63) is 34.9 Å². The minimum Gasteiger partial charge on any atom is -0.357 e. The third kappa shape index (κ3) is 8.24. The second-order valence-electron chi connectivity index (χ2n) is 5.29. The van der Waals surface area contributed by atoms with Crippen LogP contribution in [0.25, 0.3) is 0 Å². The molecule has 0 aliphatic rings. The zero-order valence-electron chi connectivity index (χ0n) is 13.3. The first-order valence-electron chi connectivity index (χ1n) is 7.27. The summed E-state index contributed by atoms with van der Waals surface area (Å²) in [5.74, 6) is 0.831. The Kier molecular flexibility index (Phi) is 7.68. The summed E-state index contributed by atoms with van der Waals surface area (Å²) in [4.78, 5) is 4.50. The molecule has 2 N–H and O–H groups in total. The number of rotatable bonds is 7. The summed E-state index contributed by atoms with van der Waals surface area (Å²) >= 11 is 5.95. The van der Waals surface area contributed by atoms with Gasteiger partial charge in [0.2, 0.25) is 0 Å². The fourth-order valence-electron chi connectivity index (χ4n) is 1.82. The number of nitrogens with one attached hydrogen (secondary N) is 2. The Morgan fingerprint density at radius 2 is 2.14 bits per heavy atom. The van der Waals surface area contributed by atoms with Crippen LogP contribution >= 0.6 is 11.6 Å². The average Bonchev–Trinajstić information content (AvgIpc) is 2.42. The second-order valence-corrected chi connectivity index (χ2v) is 7.99. The predicted molar refractivity (Wildman–Crippen MR) is 93.2 cm³/mol. The van der Waals surface area contributed by atoms with Crippen molar-refractivity contribution in [3.63, 3.8) is 0 Å². The van der Waals surface area contributed by atoms with Crippen molar-refractivity contribution in [3.8, 4) is 0 Å². The van der Waals surface area contributed by atoms with Crippen LogP contribution in [0.2, 0.25) is 5.02 Å². The zero-order valence-corrected chi connectivity index (χ0v) is 14.8. The summed E-state index contributed by atoms with van der Waals surface area (Å²) in [6.07, 6.45) is 1.79. The molecule has 5 nitrogen and oxygen atoms in total. The molecule has 7 heteroatoms. The van der Waals surface area contributed by atoms with E-state index < -0.39 is 9.84 Å². The van der Waals surface area contributed by atoms with E-state index in [0.717, 1.165) is 12.1 Å². The molecule has 0 amide bonds. The van der Waals surface area contributed by atoms with Gasteiger partial charge in [-0.3, -0.25) is 0 Å². The monoisotopic (exact) mass is 345 g/mol. The molecule has 0 aliphatic heterocycles. The lowest BCUT2D eigenvalue weighted by atomic mass is 10.2. The Bertz CT molecular complexity index is 603.